The number of ether oxygens (including phenoxy) is 1. The minimum absolute atomic E-state index is 0.0788. The molecule has 0 saturated carbocycles. The third-order valence-corrected chi connectivity index (χ3v) is 12.3. The molecule has 1 amide bonds. The Labute approximate surface area is 368 Å². The van der Waals surface area contributed by atoms with Crippen LogP contribution in [0.5, 0.6) is 0 Å². The van der Waals surface area contributed by atoms with Gasteiger partial charge in [0.05, 0.1) is 25.2 Å². The standard InChI is InChI=1S/C53H103NO5/c1-4-7-10-13-16-19-22-25-28-30-33-36-39-42-45-51(56)50(48-55)54-52(57)47-49(44-41-38-35-32-29-26-23-20-17-14-11-8-5-2)59-53(58)46-43-40-37-34-31-27-24-21-18-15-12-9-6-3/h20,23,49-51,55-56H,4-19,21-22,24-48H2,1-3H3,(H,54,57)/b23-20-. The maximum atomic E-state index is 13.2. The summed E-state index contributed by atoms with van der Waals surface area (Å²) in [6.45, 7) is 6.49. The van der Waals surface area contributed by atoms with Gasteiger partial charge >= 0.3 is 5.97 Å². The lowest BCUT2D eigenvalue weighted by Gasteiger charge is -2.24. The maximum Gasteiger partial charge on any atom is 0.306 e. The van der Waals surface area contributed by atoms with Gasteiger partial charge < -0.3 is 20.3 Å². The monoisotopic (exact) mass is 834 g/mol. The highest BCUT2D eigenvalue weighted by molar-refractivity contribution is 5.77. The molecule has 0 aliphatic rings. The van der Waals surface area contributed by atoms with Crippen LogP contribution in [-0.4, -0.2) is 46.9 Å². The zero-order valence-electron chi connectivity index (χ0n) is 39.9. The lowest BCUT2D eigenvalue weighted by Crippen LogP contribution is -2.46. The average Bonchev–Trinajstić information content (AvgIpc) is 3.23. The van der Waals surface area contributed by atoms with Crippen LogP contribution in [0.15, 0.2) is 12.2 Å². The smallest absolute Gasteiger partial charge is 0.306 e. The third-order valence-electron chi connectivity index (χ3n) is 12.3. The van der Waals surface area contributed by atoms with E-state index in [2.05, 4.69) is 38.2 Å². The summed E-state index contributed by atoms with van der Waals surface area (Å²) in [4.78, 5) is 26.1. The van der Waals surface area contributed by atoms with E-state index in [0.29, 0.717) is 19.3 Å². The van der Waals surface area contributed by atoms with Gasteiger partial charge in [0.25, 0.3) is 0 Å². The Kier molecular flexibility index (Phi) is 46.5. The van der Waals surface area contributed by atoms with Gasteiger partial charge in [-0.3, -0.25) is 9.59 Å². The summed E-state index contributed by atoms with van der Waals surface area (Å²) in [5, 5.41) is 23.8. The van der Waals surface area contributed by atoms with E-state index < -0.39 is 18.2 Å². The molecule has 0 heterocycles. The van der Waals surface area contributed by atoms with Crippen molar-refractivity contribution < 1.29 is 24.5 Å². The number of unbranched alkanes of at least 4 members (excludes halogenated alkanes) is 34. The van der Waals surface area contributed by atoms with Crippen molar-refractivity contribution >= 4 is 11.9 Å². The zero-order valence-corrected chi connectivity index (χ0v) is 39.9. The number of nitrogens with one attached hydrogen (secondary N) is 1. The summed E-state index contributed by atoms with van der Waals surface area (Å²) in [5.74, 6) is -0.465. The molecule has 0 aliphatic carbocycles. The van der Waals surface area contributed by atoms with Crippen LogP contribution in [-0.2, 0) is 14.3 Å². The van der Waals surface area contributed by atoms with Crippen molar-refractivity contribution in [1.29, 1.82) is 0 Å². The number of hydrogen-bond acceptors (Lipinski definition) is 5. The number of rotatable bonds is 48. The third kappa shape index (κ3) is 43.1. The molecule has 0 aliphatic heterocycles. The van der Waals surface area contributed by atoms with Crippen molar-refractivity contribution in [3.63, 3.8) is 0 Å². The molecule has 0 saturated heterocycles. The molecule has 0 aromatic carbocycles. The van der Waals surface area contributed by atoms with E-state index in [-0.39, 0.29) is 24.9 Å². The summed E-state index contributed by atoms with van der Waals surface area (Å²) in [5.41, 5.74) is 0. The fourth-order valence-corrected chi connectivity index (χ4v) is 8.31. The van der Waals surface area contributed by atoms with Crippen LogP contribution in [0.3, 0.4) is 0 Å². The molecule has 0 bridgehead atoms. The fraction of sp³-hybridized carbons (Fsp3) is 0.925. The van der Waals surface area contributed by atoms with Crippen LogP contribution in [0.25, 0.3) is 0 Å². The van der Waals surface area contributed by atoms with Crippen LogP contribution in [0.4, 0.5) is 0 Å². The zero-order chi connectivity index (χ0) is 43.1. The highest BCUT2D eigenvalue weighted by Gasteiger charge is 2.24. The quantitative estimate of drug-likeness (QED) is 0.0322. The summed E-state index contributed by atoms with van der Waals surface area (Å²) >= 11 is 0. The number of allylic oxidation sites excluding steroid dienone is 2. The van der Waals surface area contributed by atoms with E-state index in [1.54, 1.807) is 0 Å². The Morgan fingerprint density at radius 1 is 0.475 bits per heavy atom. The average molecular weight is 834 g/mol. The minimum atomic E-state index is -0.784. The SMILES string of the molecule is CCCCCC/C=C\CCCCCCCC(CC(=O)NC(CO)C(O)CCCCCCCCCCCCCCCC)OC(=O)CCCCCCCCCCCCCCC. The highest BCUT2D eigenvalue weighted by atomic mass is 16.5. The molecule has 3 unspecified atom stereocenters. The number of amides is 1. The number of aliphatic hydroxyl groups excluding tert-OH is 2. The summed E-state index contributed by atoms with van der Waals surface area (Å²) < 4.78 is 5.93. The summed E-state index contributed by atoms with van der Waals surface area (Å²) in [6, 6.07) is -0.697. The highest BCUT2D eigenvalue weighted by Crippen LogP contribution is 2.18. The van der Waals surface area contributed by atoms with E-state index >= 15 is 0 Å². The number of carbonyl (C=O) groups excluding carboxylic acids is 2. The van der Waals surface area contributed by atoms with E-state index in [0.717, 1.165) is 57.8 Å². The van der Waals surface area contributed by atoms with Crippen molar-refractivity contribution in [2.45, 2.75) is 309 Å². The van der Waals surface area contributed by atoms with Gasteiger partial charge in [0.1, 0.15) is 6.10 Å². The predicted molar refractivity (Wildman–Crippen MR) is 255 cm³/mol. The lowest BCUT2D eigenvalue weighted by molar-refractivity contribution is -0.151. The van der Waals surface area contributed by atoms with Gasteiger partial charge in [-0.2, -0.15) is 0 Å². The second-order valence-electron chi connectivity index (χ2n) is 18.3. The Bertz CT molecular complexity index is 893. The first kappa shape index (κ1) is 57.6. The van der Waals surface area contributed by atoms with Crippen molar-refractivity contribution in [3.8, 4) is 0 Å². The summed E-state index contributed by atoms with van der Waals surface area (Å²) in [7, 11) is 0. The van der Waals surface area contributed by atoms with Gasteiger partial charge in [-0.15, -0.1) is 0 Å². The number of carbonyl (C=O) groups is 2. The van der Waals surface area contributed by atoms with Crippen LogP contribution in [0.1, 0.15) is 290 Å². The molecular formula is C53H103NO5. The van der Waals surface area contributed by atoms with Crippen molar-refractivity contribution in [1.82, 2.24) is 5.32 Å². The van der Waals surface area contributed by atoms with Crippen molar-refractivity contribution in [2.75, 3.05) is 6.61 Å². The van der Waals surface area contributed by atoms with Crippen LogP contribution >= 0.6 is 0 Å². The van der Waals surface area contributed by atoms with E-state index in [4.69, 9.17) is 4.74 Å². The molecule has 0 aromatic heterocycles. The Morgan fingerprint density at radius 3 is 1.22 bits per heavy atom. The van der Waals surface area contributed by atoms with E-state index in [9.17, 15) is 19.8 Å². The Balaban J connectivity index is 4.52. The first-order chi connectivity index (χ1) is 29.0. The minimum Gasteiger partial charge on any atom is -0.462 e. The number of esters is 1. The molecule has 0 rings (SSSR count). The van der Waals surface area contributed by atoms with E-state index in [1.165, 1.54) is 186 Å². The molecule has 350 valence electrons. The molecule has 6 heteroatoms. The Hall–Kier alpha value is -1.40. The van der Waals surface area contributed by atoms with Gasteiger partial charge in [0.2, 0.25) is 5.91 Å². The predicted octanol–water partition coefficient (Wildman–Crippen LogP) is 15.7. The first-order valence-electron chi connectivity index (χ1n) is 26.4. The largest absolute Gasteiger partial charge is 0.462 e. The van der Waals surface area contributed by atoms with Gasteiger partial charge in [-0.25, -0.2) is 0 Å². The van der Waals surface area contributed by atoms with E-state index in [1.807, 2.05) is 0 Å². The van der Waals surface area contributed by atoms with Gasteiger partial charge in [0, 0.05) is 6.42 Å². The first-order valence-corrected chi connectivity index (χ1v) is 26.4. The summed E-state index contributed by atoms with van der Waals surface area (Å²) in [6.07, 6.45) is 52.7. The van der Waals surface area contributed by atoms with Gasteiger partial charge in [-0.1, -0.05) is 238 Å². The lowest BCUT2D eigenvalue weighted by atomic mass is 10.0. The molecule has 6 nitrogen and oxygen atoms in total. The van der Waals surface area contributed by atoms with Gasteiger partial charge in [0.15, 0.2) is 0 Å². The maximum absolute atomic E-state index is 13.2. The van der Waals surface area contributed by atoms with Crippen LogP contribution in [0, 0.1) is 0 Å². The molecule has 0 radical (unpaired) electrons. The molecular weight excluding hydrogens is 731 g/mol. The Morgan fingerprint density at radius 2 is 0.814 bits per heavy atom. The second kappa shape index (κ2) is 47.6. The molecule has 0 fully saturated rings. The van der Waals surface area contributed by atoms with Crippen LogP contribution < -0.4 is 5.32 Å². The molecule has 3 N–H and O–H groups in total. The second-order valence-corrected chi connectivity index (χ2v) is 18.3. The van der Waals surface area contributed by atoms with Gasteiger partial charge in [-0.05, 0) is 51.4 Å². The molecule has 0 spiro atoms. The van der Waals surface area contributed by atoms with Crippen LogP contribution in [0.2, 0.25) is 0 Å². The van der Waals surface area contributed by atoms with Crippen molar-refractivity contribution in [3.05, 3.63) is 12.2 Å². The number of hydrogen-bond donors (Lipinski definition) is 3. The molecule has 0 aromatic rings. The molecule has 59 heavy (non-hydrogen) atoms. The van der Waals surface area contributed by atoms with Crippen molar-refractivity contribution in [2.24, 2.45) is 0 Å². The molecule has 3 atom stereocenters. The normalized spacial score (nSPS) is 13.2. The number of aliphatic hydroxyl groups is 2. The topological polar surface area (TPSA) is 95.9 Å². The fourth-order valence-electron chi connectivity index (χ4n) is 8.31.